The second kappa shape index (κ2) is 5.86. The Bertz CT molecular complexity index is 567. The Morgan fingerprint density at radius 3 is 2.55 bits per heavy atom. The van der Waals surface area contributed by atoms with E-state index in [1.165, 1.54) is 12.8 Å². The first-order valence-corrected chi connectivity index (χ1v) is 6.99. The molecule has 2 N–H and O–H groups in total. The zero-order chi connectivity index (χ0) is 13.8. The molecule has 0 unspecified atom stereocenters. The van der Waals surface area contributed by atoms with Crippen molar-refractivity contribution in [3.63, 3.8) is 0 Å². The Morgan fingerprint density at radius 1 is 1.05 bits per heavy atom. The summed E-state index contributed by atoms with van der Waals surface area (Å²) in [7, 11) is 0. The van der Waals surface area contributed by atoms with Gasteiger partial charge < -0.3 is 10.5 Å². The second-order valence-electron chi connectivity index (χ2n) is 5.05. The molecule has 20 heavy (non-hydrogen) atoms. The Labute approximate surface area is 118 Å². The van der Waals surface area contributed by atoms with Crippen LogP contribution in [0, 0.1) is 0 Å². The fraction of sp³-hybridized carbons (Fsp3) is 0.400. The van der Waals surface area contributed by atoms with Gasteiger partial charge in [-0.25, -0.2) is 4.98 Å². The fourth-order valence-corrected chi connectivity index (χ4v) is 2.55. The number of hydrogen-bond donors (Lipinski definition) is 1. The molecular weight excluding hydrogens is 252 g/mol. The third-order valence-corrected chi connectivity index (χ3v) is 3.55. The summed E-state index contributed by atoms with van der Waals surface area (Å²) in [6.07, 6.45) is 4.77. The molecule has 1 aromatic carbocycles. The number of nitrogens with zero attached hydrogens (tertiary/aromatic N) is 3. The first-order chi connectivity index (χ1) is 9.81. The summed E-state index contributed by atoms with van der Waals surface area (Å²) in [5.74, 6) is 2.93. The van der Waals surface area contributed by atoms with E-state index in [9.17, 15) is 0 Å². The summed E-state index contributed by atoms with van der Waals surface area (Å²) in [5.41, 5.74) is 5.78. The van der Waals surface area contributed by atoms with Crippen LogP contribution in [-0.2, 0) is 6.61 Å². The molecule has 0 amide bonds. The Hall–Kier alpha value is -2.17. The molecular formula is C15H18N4O. The first-order valence-electron chi connectivity index (χ1n) is 6.99. The van der Waals surface area contributed by atoms with Gasteiger partial charge in [0.1, 0.15) is 18.2 Å². The quantitative estimate of drug-likeness (QED) is 0.924. The monoisotopic (exact) mass is 270 g/mol. The van der Waals surface area contributed by atoms with Crippen LogP contribution in [0.5, 0.6) is 5.75 Å². The van der Waals surface area contributed by atoms with Gasteiger partial charge in [0.15, 0.2) is 5.82 Å². The standard InChI is InChI=1S/C15H18N4O/c16-15-18-13(10-20-12-8-2-1-3-9-12)17-14(19-15)11-6-4-5-7-11/h1-3,8-9,11H,4-7,10H2,(H2,16,17,18,19). The lowest BCUT2D eigenvalue weighted by Gasteiger charge is -2.10. The molecule has 1 fully saturated rings. The van der Waals surface area contributed by atoms with Gasteiger partial charge in [-0.15, -0.1) is 0 Å². The summed E-state index contributed by atoms with van der Waals surface area (Å²) in [5, 5.41) is 0. The maximum absolute atomic E-state index is 5.78. The zero-order valence-electron chi connectivity index (χ0n) is 11.3. The van der Waals surface area contributed by atoms with Gasteiger partial charge in [-0.2, -0.15) is 9.97 Å². The number of anilines is 1. The van der Waals surface area contributed by atoms with Crippen molar-refractivity contribution in [1.82, 2.24) is 15.0 Å². The molecule has 0 atom stereocenters. The van der Waals surface area contributed by atoms with Crippen LogP contribution in [0.25, 0.3) is 0 Å². The van der Waals surface area contributed by atoms with Gasteiger partial charge in [0.05, 0.1) is 0 Å². The van der Waals surface area contributed by atoms with Crippen LogP contribution >= 0.6 is 0 Å². The van der Waals surface area contributed by atoms with Crippen molar-refractivity contribution in [3.8, 4) is 5.75 Å². The largest absolute Gasteiger partial charge is 0.486 e. The van der Waals surface area contributed by atoms with Gasteiger partial charge >= 0.3 is 0 Å². The molecule has 0 saturated heterocycles. The van der Waals surface area contributed by atoms with Crippen LogP contribution in [0.2, 0.25) is 0 Å². The maximum atomic E-state index is 5.78. The summed E-state index contributed by atoms with van der Waals surface area (Å²) in [6.45, 7) is 0.316. The minimum Gasteiger partial charge on any atom is -0.486 e. The van der Waals surface area contributed by atoms with E-state index in [0.717, 1.165) is 24.4 Å². The van der Waals surface area contributed by atoms with Crippen molar-refractivity contribution < 1.29 is 4.74 Å². The van der Waals surface area contributed by atoms with E-state index in [1.807, 2.05) is 30.3 Å². The summed E-state index contributed by atoms with van der Waals surface area (Å²) < 4.78 is 5.66. The molecule has 104 valence electrons. The van der Waals surface area contributed by atoms with Crippen LogP contribution < -0.4 is 10.5 Å². The second-order valence-corrected chi connectivity index (χ2v) is 5.05. The molecule has 5 heteroatoms. The average molecular weight is 270 g/mol. The van der Waals surface area contributed by atoms with Gasteiger partial charge in [0.25, 0.3) is 0 Å². The van der Waals surface area contributed by atoms with Crippen molar-refractivity contribution in [3.05, 3.63) is 42.0 Å². The molecule has 1 aliphatic rings. The van der Waals surface area contributed by atoms with Crippen molar-refractivity contribution in [2.45, 2.75) is 38.2 Å². The molecule has 3 rings (SSSR count). The molecule has 1 heterocycles. The van der Waals surface area contributed by atoms with Crippen LogP contribution in [0.3, 0.4) is 0 Å². The maximum Gasteiger partial charge on any atom is 0.223 e. The van der Waals surface area contributed by atoms with Gasteiger partial charge in [-0.1, -0.05) is 31.0 Å². The zero-order valence-corrected chi connectivity index (χ0v) is 11.3. The number of ether oxygens (including phenoxy) is 1. The Morgan fingerprint density at radius 2 is 1.80 bits per heavy atom. The third-order valence-electron chi connectivity index (χ3n) is 3.55. The van der Waals surface area contributed by atoms with Gasteiger partial charge in [-0.3, -0.25) is 0 Å². The molecule has 1 saturated carbocycles. The molecule has 0 radical (unpaired) electrons. The number of benzene rings is 1. The highest BCUT2D eigenvalue weighted by Crippen LogP contribution is 2.32. The van der Waals surface area contributed by atoms with Crippen molar-refractivity contribution in [1.29, 1.82) is 0 Å². The van der Waals surface area contributed by atoms with E-state index >= 15 is 0 Å². The highest BCUT2D eigenvalue weighted by Gasteiger charge is 2.21. The minimum atomic E-state index is 0.286. The molecule has 1 aromatic heterocycles. The lowest BCUT2D eigenvalue weighted by atomic mass is 10.1. The normalized spacial score (nSPS) is 15.4. The predicted molar refractivity (Wildman–Crippen MR) is 76.2 cm³/mol. The van der Waals surface area contributed by atoms with Crippen molar-refractivity contribution >= 4 is 5.95 Å². The average Bonchev–Trinajstić information content (AvgIpc) is 3.00. The van der Waals surface area contributed by atoms with Crippen molar-refractivity contribution in [2.24, 2.45) is 0 Å². The third kappa shape index (κ3) is 3.04. The van der Waals surface area contributed by atoms with E-state index in [2.05, 4.69) is 15.0 Å². The minimum absolute atomic E-state index is 0.286. The van der Waals surface area contributed by atoms with Gasteiger partial charge in [-0.05, 0) is 25.0 Å². The predicted octanol–water partition coefficient (Wildman–Crippen LogP) is 2.69. The van der Waals surface area contributed by atoms with E-state index in [4.69, 9.17) is 10.5 Å². The lowest BCUT2D eigenvalue weighted by Crippen LogP contribution is -2.11. The fourth-order valence-electron chi connectivity index (χ4n) is 2.55. The van der Waals surface area contributed by atoms with Crippen molar-refractivity contribution in [2.75, 3.05) is 5.73 Å². The number of rotatable bonds is 4. The number of nitrogens with two attached hydrogens (primary N) is 1. The highest BCUT2D eigenvalue weighted by molar-refractivity contribution is 5.22. The Kier molecular flexibility index (Phi) is 3.76. The summed E-state index contributed by atoms with van der Waals surface area (Å²) >= 11 is 0. The number of aromatic nitrogens is 3. The number of hydrogen-bond acceptors (Lipinski definition) is 5. The Balaban J connectivity index is 1.72. The summed E-state index contributed by atoms with van der Waals surface area (Å²) in [4.78, 5) is 12.9. The highest BCUT2D eigenvalue weighted by atomic mass is 16.5. The molecule has 0 bridgehead atoms. The van der Waals surface area contributed by atoms with Gasteiger partial charge in [0.2, 0.25) is 5.95 Å². The SMILES string of the molecule is Nc1nc(COc2ccccc2)nc(C2CCCC2)n1. The van der Waals surface area contributed by atoms with E-state index < -0.39 is 0 Å². The van der Waals surface area contributed by atoms with E-state index in [0.29, 0.717) is 18.3 Å². The first kappa shape index (κ1) is 12.8. The van der Waals surface area contributed by atoms with Crippen LogP contribution in [0.4, 0.5) is 5.95 Å². The van der Waals surface area contributed by atoms with Crippen LogP contribution in [0.15, 0.2) is 30.3 Å². The number of para-hydroxylation sites is 1. The summed E-state index contributed by atoms with van der Waals surface area (Å²) in [6, 6.07) is 9.62. The molecule has 2 aromatic rings. The molecule has 0 spiro atoms. The van der Waals surface area contributed by atoms with Gasteiger partial charge in [0, 0.05) is 5.92 Å². The van der Waals surface area contributed by atoms with Crippen LogP contribution in [-0.4, -0.2) is 15.0 Å². The van der Waals surface area contributed by atoms with E-state index in [-0.39, 0.29) is 5.95 Å². The smallest absolute Gasteiger partial charge is 0.223 e. The topological polar surface area (TPSA) is 73.9 Å². The van der Waals surface area contributed by atoms with E-state index in [1.54, 1.807) is 0 Å². The lowest BCUT2D eigenvalue weighted by molar-refractivity contribution is 0.294. The molecule has 1 aliphatic carbocycles. The van der Waals surface area contributed by atoms with Crippen LogP contribution in [0.1, 0.15) is 43.3 Å². The molecule has 0 aliphatic heterocycles. The molecule has 5 nitrogen and oxygen atoms in total. The number of nitrogen functional groups attached to an aromatic ring is 1.